The van der Waals surface area contributed by atoms with Gasteiger partial charge in [0.2, 0.25) is 5.95 Å². The van der Waals surface area contributed by atoms with Gasteiger partial charge in [0, 0.05) is 18.4 Å². The minimum atomic E-state index is -0.868. The predicted octanol–water partition coefficient (Wildman–Crippen LogP) is 2.14. The number of hydrogen-bond acceptors (Lipinski definition) is 7. The Kier molecular flexibility index (Phi) is 4.97. The van der Waals surface area contributed by atoms with Crippen molar-refractivity contribution in [3.8, 4) is 0 Å². The lowest BCUT2D eigenvalue weighted by Gasteiger charge is -2.34. The van der Waals surface area contributed by atoms with Crippen molar-refractivity contribution in [2.75, 3.05) is 18.4 Å². The monoisotopic (exact) mass is 394 g/mol. The average molecular weight is 394 g/mol. The molecule has 1 unspecified atom stereocenters. The fraction of sp³-hybridized carbons (Fsp3) is 0.381. The van der Waals surface area contributed by atoms with Crippen molar-refractivity contribution in [3.05, 3.63) is 53.4 Å². The van der Waals surface area contributed by atoms with Gasteiger partial charge in [-0.3, -0.25) is 4.79 Å². The molecule has 1 aromatic carbocycles. The summed E-state index contributed by atoms with van der Waals surface area (Å²) < 4.78 is 0. The van der Waals surface area contributed by atoms with Gasteiger partial charge in [-0.2, -0.15) is 0 Å². The first-order valence-corrected chi connectivity index (χ1v) is 9.80. The Balaban J connectivity index is 1.74. The molecule has 152 valence electrons. The van der Waals surface area contributed by atoms with E-state index in [4.69, 9.17) is 10.7 Å². The maximum absolute atomic E-state index is 12.1. The van der Waals surface area contributed by atoms with E-state index < -0.39 is 12.0 Å². The van der Waals surface area contributed by atoms with Crippen molar-refractivity contribution < 1.29 is 9.90 Å². The molecule has 2 aromatic rings. The summed E-state index contributed by atoms with van der Waals surface area (Å²) in [4.78, 5) is 21.4. The van der Waals surface area contributed by atoms with E-state index in [1.807, 2.05) is 36.5 Å². The number of nitrogens with zero attached hydrogens (tertiary/aromatic N) is 3. The van der Waals surface area contributed by atoms with E-state index in [0.717, 1.165) is 28.2 Å². The van der Waals surface area contributed by atoms with Crippen LogP contribution in [0.5, 0.6) is 0 Å². The third-order valence-electron chi connectivity index (χ3n) is 5.44. The Morgan fingerprint density at radius 2 is 2.14 bits per heavy atom. The number of carboxylic acid groups (broad SMARTS) is 1. The second-order valence-corrected chi connectivity index (χ2v) is 8.10. The smallest absolute Gasteiger partial charge is 0.327 e. The number of nitrogens with one attached hydrogen (secondary N) is 2. The van der Waals surface area contributed by atoms with Crippen molar-refractivity contribution in [2.24, 2.45) is 11.1 Å². The van der Waals surface area contributed by atoms with Crippen LogP contribution in [0.2, 0.25) is 0 Å². The minimum Gasteiger partial charge on any atom is -0.480 e. The molecule has 4 rings (SSSR count). The van der Waals surface area contributed by atoms with Crippen molar-refractivity contribution in [3.63, 3.8) is 0 Å². The van der Waals surface area contributed by atoms with Crippen LogP contribution in [0.4, 0.5) is 11.6 Å². The van der Waals surface area contributed by atoms with Gasteiger partial charge in [-0.15, -0.1) is 0 Å². The molecule has 1 aliphatic heterocycles. The largest absolute Gasteiger partial charge is 0.480 e. The molecule has 1 aromatic heterocycles. The standard InChI is InChI=1S/C21H26N6O2/c1-21(2)11-13-12-23-20(24-14-7-4-3-5-8-14)25-16(13)17-15(21)18(19(28)29)27(26-17)10-6-9-22/h3-5,7-8,12,18,26H,6,9-11,22H2,1-2H3,(H,28,29)(H,23,24,25). The summed E-state index contributed by atoms with van der Waals surface area (Å²) in [7, 11) is 0. The number of fused-ring (bicyclic) bond motifs is 2. The second-order valence-electron chi connectivity index (χ2n) is 8.10. The van der Waals surface area contributed by atoms with Gasteiger partial charge < -0.3 is 21.6 Å². The van der Waals surface area contributed by atoms with Crippen molar-refractivity contribution in [1.29, 1.82) is 0 Å². The van der Waals surface area contributed by atoms with Crippen LogP contribution >= 0.6 is 0 Å². The molecule has 1 atom stereocenters. The lowest BCUT2D eigenvalue weighted by Crippen LogP contribution is -2.46. The fourth-order valence-corrected chi connectivity index (χ4v) is 4.19. The third-order valence-corrected chi connectivity index (χ3v) is 5.44. The van der Waals surface area contributed by atoms with Crippen LogP contribution in [-0.4, -0.2) is 45.2 Å². The molecule has 0 spiro atoms. The summed E-state index contributed by atoms with van der Waals surface area (Å²) >= 11 is 0. The molecular formula is C21H26N6O2. The van der Waals surface area contributed by atoms with Crippen molar-refractivity contribution >= 4 is 23.3 Å². The number of rotatable bonds is 6. The molecule has 0 fully saturated rings. The van der Waals surface area contributed by atoms with Gasteiger partial charge in [0.15, 0.2) is 6.04 Å². The molecule has 2 aliphatic rings. The van der Waals surface area contributed by atoms with Gasteiger partial charge >= 0.3 is 5.97 Å². The van der Waals surface area contributed by atoms with E-state index in [2.05, 4.69) is 29.6 Å². The summed E-state index contributed by atoms with van der Waals surface area (Å²) in [6.45, 7) is 5.20. The van der Waals surface area contributed by atoms with E-state index in [9.17, 15) is 9.90 Å². The number of carboxylic acids is 1. The summed E-state index contributed by atoms with van der Waals surface area (Å²) in [5.41, 5.74) is 12.9. The van der Waals surface area contributed by atoms with Crippen LogP contribution < -0.4 is 16.5 Å². The molecule has 0 saturated heterocycles. The molecule has 2 heterocycles. The SMILES string of the molecule is CC1(C)Cc2cnc(Nc3ccccc3)nc2C2=C1C(C(=O)O)N(CCCN)N2. The first kappa shape index (κ1) is 19.4. The number of anilines is 2. The zero-order valence-corrected chi connectivity index (χ0v) is 16.6. The third kappa shape index (κ3) is 3.56. The number of hydrogen-bond donors (Lipinski definition) is 4. The molecule has 0 radical (unpaired) electrons. The summed E-state index contributed by atoms with van der Waals surface area (Å²) in [6, 6.07) is 8.98. The molecule has 0 saturated carbocycles. The van der Waals surface area contributed by atoms with Gasteiger partial charge in [0.1, 0.15) is 0 Å². The number of aromatic nitrogens is 2. The number of hydrazine groups is 1. The van der Waals surface area contributed by atoms with Crippen LogP contribution in [-0.2, 0) is 11.2 Å². The molecule has 29 heavy (non-hydrogen) atoms. The van der Waals surface area contributed by atoms with Crippen LogP contribution in [0.25, 0.3) is 5.70 Å². The Hall–Kier alpha value is -2.97. The first-order valence-electron chi connectivity index (χ1n) is 9.80. The lowest BCUT2D eigenvalue weighted by molar-refractivity contribution is -0.142. The highest BCUT2D eigenvalue weighted by molar-refractivity contribution is 5.86. The number of benzene rings is 1. The average Bonchev–Trinajstić information content (AvgIpc) is 3.09. The van der Waals surface area contributed by atoms with Crippen LogP contribution in [0.1, 0.15) is 31.5 Å². The zero-order chi connectivity index (χ0) is 20.6. The normalized spacial score (nSPS) is 20.0. The van der Waals surface area contributed by atoms with E-state index in [-0.39, 0.29) is 5.41 Å². The Labute approximate surface area is 169 Å². The number of carbonyl (C=O) groups is 1. The highest BCUT2D eigenvalue weighted by atomic mass is 16.4. The van der Waals surface area contributed by atoms with Gasteiger partial charge in [0.25, 0.3) is 0 Å². The quantitative estimate of drug-likeness (QED) is 0.589. The first-order chi connectivity index (χ1) is 13.9. The van der Waals surface area contributed by atoms with Gasteiger partial charge in [-0.05, 0) is 48.1 Å². The fourth-order valence-electron chi connectivity index (χ4n) is 4.19. The second kappa shape index (κ2) is 7.46. The van der Waals surface area contributed by atoms with Crippen molar-refractivity contribution in [2.45, 2.75) is 32.7 Å². The van der Waals surface area contributed by atoms with Crippen LogP contribution in [0.15, 0.2) is 42.1 Å². The van der Waals surface area contributed by atoms with Crippen LogP contribution in [0.3, 0.4) is 0 Å². The van der Waals surface area contributed by atoms with Gasteiger partial charge in [-0.25, -0.2) is 15.0 Å². The minimum absolute atomic E-state index is 0.326. The van der Waals surface area contributed by atoms with Crippen molar-refractivity contribution in [1.82, 2.24) is 20.4 Å². The molecule has 0 bridgehead atoms. The molecule has 8 nitrogen and oxygen atoms in total. The molecule has 1 aliphatic carbocycles. The van der Waals surface area contributed by atoms with Crippen LogP contribution in [0, 0.1) is 5.41 Å². The topological polar surface area (TPSA) is 116 Å². The Morgan fingerprint density at radius 1 is 1.38 bits per heavy atom. The predicted molar refractivity (Wildman–Crippen MR) is 111 cm³/mol. The van der Waals surface area contributed by atoms with Gasteiger partial charge in [0.05, 0.1) is 11.4 Å². The van der Waals surface area contributed by atoms with E-state index in [1.54, 1.807) is 5.01 Å². The van der Waals surface area contributed by atoms with E-state index in [1.165, 1.54) is 0 Å². The number of aliphatic carboxylic acids is 1. The maximum Gasteiger partial charge on any atom is 0.327 e. The molecule has 5 N–H and O–H groups in total. The van der Waals surface area contributed by atoms with E-state index in [0.29, 0.717) is 31.9 Å². The summed E-state index contributed by atoms with van der Waals surface area (Å²) in [6.07, 6.45) is 3.22. The van der Waals surface area contributed by atoms with E-state index >= 15 is 0 Å². The highest BCUT2D eigenvalue weighted by Gasteiger charge is 2.48. The molecule has 0 amide bonds. The Morgan fingerprint density at radius 3 is 2.83 bits per heavy atom. The summed E-state index contributed by atoms with van der Waals surface area (Å²) in [5.74, 6) is -0.386. The Bertz CT molecular complexity index is 957. The number of nitrogens with two attached hydrogens (primary N) is 1. The van der Waals surface area contributed by atoms with Gasteiger partial charge in [-0.1, -0.05) is 32.0 Å². The maximum atomic E-state index is 12.1. The molecule has 8 heteroatoms. The molecular weight excluding hydrogens is 368 g/mol. The number of para-hydroxylation sites is 1. The zero-order valence-electron chi connectivity index (χ0n) is 16.6. The summed E-state index contributed by atoms with van der Waals surface area (Å²) in [5, 5.41) is 14.9. The lowest BCUT2D eigenvalue weighted by atomic mass is 9.71. The highest BCUT2D eigenvalue weighted by Crippen LogP contribution is 2.46.